The average Bonchev–Trinajstić information content (AvgIpc) is 2.57. The average molecular weight is 242 g/mol. The molecule has 1 saturated heterocycles. The van der Waals surface area contributed by atoms with Crippen molar-refractivity contribution in [2.45, 2.75) is 38.7 Å². The van der Waals surface area contributed by atoms with E-state index < -0.39 is 5.60 Å². The lowest BCUT2D eigenvalue weighted by Crippen LogP contribution is -2.41. The van der Waals surface area contributed by atoms with Crippen molar-refractivity contribution in [2.75, 3.05) is 26.7 Å². The summed E-state index contributed by atoms with van der Waals surface area (Å²) >= 11 is 0. The standard InChI is InChI=1S/C12H22N2O3/c1-12(2,17)9-13(3)10(15)6-8-14-7-4-5-11(14)16/h17H,4-9H2,1-3H3. The van der Waals surface area contributed by atoms with Crippen LogP contribution >= 0.6 is 0 Å². The second kappa shape index (κ2) is 5.49. The SMILES string of the molecule is CN(CC(C)(C)O)C(=O)CCN1CCCC1=O. The maximum absolute atomic E-state index is 11.8. The number of hydrogen-bond acceptors (Lipinski definition) is 3. The first-order valence-electron chi connectivity index (χ1n) is 6.04. The van der Waals surface area contributed by atoms with Crippen molar-refractivity contribution < 1.29 is 14.7 Å². The molecule has 0 radical (unpaired) electrons. The van der Waals surface area contributed by atoms with Crippen LogP contribution in [0.15, 0.2) is 0 Å². The van der Waals surface area contributed by atoms with Gasteiger partial charge < -0.3 is 14.9 Å². The highest BCUT2D eigenvalue weighted by molar-refractivity contribution is 5.80. The van der Waals surface area contributed by atoms with Crippen LogP contribution in [0.4, 0.5) is 0 Å². The number of carbonyl (C=O) groups is 2. The van der Waals surface area contributed by atoms with E-state index in [2.05, 4.69) is 0 Å². The molecular weight excluding hydrogens is 220 g/mol. The Bertz CT molecular complexity index is 297. The Morgan fingerprint density at radius 3 is 2.65 bits per heavy atom. The van der Waals surface area contributed by atoms with E-state index in [1.165, 1.54) is 4.90 Å². The van der Waals surface area contributed by atoms with Gasteiger partial charge in [-0.1, -0.05) is 0 Å². The molecule has 2 amide bonds. The molecule has 1 N–H and O–H groups in total. The fourth-order valence-corrected chi connectivity index (χ4v) is 2.03. The third-order valence-electron chi connectivity index (χ3n) is 2.82. The van der Waals surface area contributed by atoms with Gasteiger partial charge in [0.05, 0.1) is 5.60 Å². The number of aliphatic hydroxyl groups is 1. The molecule has 0 aliphatic carbocycles. The monoisotopic (exact) mass is 242 g/mol. The van der Waals surface area contributed by atoms with E-state index in [1.54, 1.807) is 25.8 Å². The Kier molecular flexibility index (Phi) is 4.51. The van der Waals surface area contributed by atoms with Gasteiger partial charge in [0.15, 0.2) is 0 Å². The summed E-state index contributed by atoms with van der Waals surface area (Å²) in [5.41, 5.74) is -0.881. The van der Waals surface area contributed by atoms with E-state index in [4.69, 9.17) is 0 Å². The molecule has 1 fully saturated rings. The maximum atomic E-state index is 11.8. The zero-order valence-corrected chi connectivity index (χ0v) is 10.9. The van der Waals surface area contributed by atoms with E-state index in [9.17, 15) is 14.7 Å². The topological polar surface area (TPSA) is 60.9 Å². The van der Waals surface area contributed by atoms with Crippen LogP contribution in [-0.2, 0) is 9.59 Å². The fraction of sp³-hybridized carbons (Fsp3) is 0.833. The van der Waals surface area contributed by atoms with Crippen LogP contribution in [-0.4, -0.2) is 59.0 Å². The summed E-state index contributed by atoms with van der Waals surface area (Å²) in [5, 5.41) is 9.60. The molecule has 0 aromatic heterocycles. The number of carbonyl (C=O) groups excluding carboxylic acids is 2. The highest BCUT2D eigenvalue weighted by Gasteiger charge is 2.23. The second-order valence-electron chi connectivity index (χ2n) is 5.30. The number of rotatable bonds is 5. The van der Waals surface area contributed by atoms with Gasteiger partial charge in [0.25, 0.3) is 0 Å². The van der Waals surface area contributed by atoms with Crippen molar-refractivity contribution in [3.05, 3.63) is 0 Å². The lowest BCUT2D eigenvalue weighted by molar-refractivity contribution is -0.134. The summed E-state index contributed by atoms with van der Waals surface area (Å²) in [6.07, 6.45) is 1.83. The van der Waals surface area contributed by atoms with E-state index >= 15 is 0 Å². The summed E-state index contributed by atoms with van der Waals surface area (Å²) in [4.78, 5) is 26.4. The van der Waals surface area contributed by atoms with E-state index in [1.807, 2.05) is 0 Å². The first kappa shape index (κ1) is 14.0. The zero-order valence-electron chi connectivity index (χ0n) is 10.9. The molecule has 0 atom stereocenters. The van der Waals surface area contributed by atoms with Gasteiger partial charge in [-0.25, -0.2) is 0 Å². The summed E-state index contributed by atoms with van der Waals surface area (Å²) in [5.74, 6) is 0.106. The van der Waals surface area contributed by atoms with E-state index in [-0.39, 0.29) is 11.8 Å². The molecule has 0 saturated carbocycles. The van der Waals surface area contributed by atoms with Gasteiger partial charge in [0, 0.05) is 39.5 Å². The van der Waals surface area contributed by atoms with Crippen LogP contribution in [0.5, 0.6) is 0 Å². The Morgan fingerprint density at radius 2 is 2.18 bits per heavy atom. The van der Waals surface area contributed by atoms with Gasteiger partial charge in [-0.05, 0) is 20.3 Å². The fourth-order valence-electron chi connectivity index (χ4n) is 2.03. The lowest BCUT2D eigenvalue weighted by atomic mass is 10.1. The van der Waals surface area contributed by atoms with Crippen molar-refractivity contribution in [2.24, 2.45) is 0 Å². The van der Waals surface area contributed by atoms with Gasteiger partial charge in [0.1, 0.15) is 0 Å². The lowest BCUT2D eigenvalue weighted by Gasteiger charge is -2.26. The minimum Gasteiger partial charge on any atom is -0.389 e. The summed E-state index contributed by atoms with van der Waals surface area (Å²) in [6, 6.07) is 0. The minimum atomic E-state index is -0.881. The maximum Gasteiger partial charge on any atom is 0.224 e. The van der Waals surface area contributed by atoms with Crippen LogP contribution in [0.3, 0.4) is 0 Å². The Labute approximate surface area is 102 Å². The number of likely N-dealkylation sites (N-methyl/N-ethyl adjacent to an activating group) is 1. The van der Waals surface area contributed by atoms with Crippen molar-refractivity contribution in [1.82, 2.24) is 9.80 Å². The van der Waals surface area contributed by atoms with E-state index in [0.717, 1.165) is 13.0 Å². The molecule has 0 unspecified atom stereocenters. The molecule has 5 nitrogen and oxygen atoms in total. The minimum absolute atomic E-state index is 0.0353. The van der Waals surface area contributed by atoms with Crippen LogP contribution in [0.2, 0.25) is 0 Å². The third kappa shape index (κ3) is 4.73. The molecule has 98 valence electrons. The van der Waals surface area contributed by atoms with Gasteiger partial charge in [0.2, 0.25) is 11.8 Å². The molecule has 5 heteroatoms. The van der Waals surface area contributed by atoms with Crippen LogP contribution in [0, 0.1) is 0 Å². The number of hydrogen-bond donors (Lipinski definition) is 1. The summed E-state index contributed by atoms with van der Waals surface area (Å²) in [6.45, 7) is 4.90. The number of amides is 2. The number of likely N-dealkylation sites (tertiary alicyclic amines) is 1. The van der Waals surface area contributed by atoms with Gasteiger partial charge in [-0.2, -0.15) is 0 Å². The first-order valence-corrected chi connectivity index (χ1v) is 6.04. The molecule has 0 spiro atoms. The zero-order chi connectivity index (χ0) is 13.1. The Morgan fingerprint density at radius 1 is 1.53 bits per heavy atom. The molecule has 0 aromatic carbocycles. The summed E-state index contributed by atoms with van der Waals surface area (Å²) in [7, 11) is 1.67. The predicted molar refractivity (Wildman–Crippen MR) is 64.4 cm³/mol. The Balaban J connectivity index is 2.31. The van der Waals surface area contributed by atoms with Gasteiger partial charge >= 0.3 is 0 Å². The third-order valence-corrected chi connectivity index (χ3v) is 2.82. The Hall–Kier alpha value is -1.10. The van der Waals surface area contributed by atoms with Crippen molar-refractivity contribution in [3.8, 4) is 0 Å². The van der Waals surface area contributed by atoms with Crippen molar-refractivity contribution in [1.29, 1.82) is 0 Å². The second-order valence-corrected chi connectivity index (χ2v) is 5.30. The van der Waals surface area contributed by atoms with Crippen molar-refractivity contribution in [3.63, 3.8) is 0 Å². The smallest absolute Gasteiger partial charge is 0.224 e. The molecule has 1 rings (SSSR count). The van der Waals surface area contributed by atoms with Gasteiger partial charge in [-0.15, -0.1) is 0 Å². The quantitative estimate of drug-likeness (QED) is 0.750. The van der Waals surface area contributed by atoms with Gasteiger partial charge in [-0.3, -0.25) is 9.59 Å². The largest absolute Gasteiger partial charge is 0.389 e. The highest BCUT2D eigenvalue weighted by atomic mass is 16.3. The van der Waals surface area contributed by atoms with E-state index in [0.29, 0.717) is 25.9 Å². The normalized spacial score (nSPS) is 16.5. The molecular formula is C12H22N2O3. The molecule has 0 bridgehead atoms. The van der Waals surface area contributed by atoms with Crippen molar-refractivity contribution >= 4 is 11.8 Å². The molecule has 0 aromatic rings. The highest BCUT2D eigenvalue weighted by Crippen LogP contribution is 2.10. The first-order chi connectivity index (χ1) is 7.79. The van der Waals surface area contributed by atoms with Crippen LogP contribution < -0.4 is 0 Å². The summed E-state index contributed by atoms with van der Waals surface area (Å²) < 4.78 is 0. The predicted octanol–water partition coefficient (Wildman–Crippen LogP) is 0.228. The molecule has 1 heterocycles. The molecule has 17 heavy (non-hydrogen) atoms. The van der Waals surface area contributed by atoms with Crippen LogP contribution in [0.25, 0.3) is 0 Å². The number of nitrogens with zero attached hydrogens (tertiary/aromatic N) is 2. The molecule has 1 aliphatic rings. The molecule has 1 aliphatic heterocycles. The van der Waals surface area contributed by atoms with Crippen LogP contribution in [0.1, 0.15) is 33.1 Å².